The topological polar surface area (TPSA) is 90.6 Å². The summed E-state index contributed by atoms with van der Waals surface area (Å²) >= 11 is 5.56. The fraction of sp³-hybridized carbons (Fsp3) is 0.176. The van der Waals surface area contributed by atoms with Crippen LogP contribution < -0.4 is 15.8 Å². The molecule has 3 N–H and O–H groups in total. The largest absolute Gasteiger partial charge is 0.495 e. The summed E-state index contributed by atoms with van der Waals surface area (Å²) in [6.45, 7) is -0.787. The van der Waals surface area contributed by atoms with Crippen molar-refractivity contribution in [1.29, 1.82) is 0 Å². The van der Waals surface area contributed by atoms with Gasteiger partial charge in [0.25, 0.3) is 5.91 Å². The van der Waals surface area contributed by atoms with E-state index in [4.69, 9.17) is 26.8 Å². The minimum absolute atomic E-state index is 0.0589. The van der Waals surface area contributed by atoms with Gasteiger partial charge in [0.05, 0.1) is 29.6 Å². The molecule has 0 unspecified atom stereocenters. The van der Waals surface area contributed by atoms with E-state index in [-0.39, 0.29) is 16.3 Å². The number of anilines is 2. The molecule has 0 bridgehead atoms. The summed E-state index contributed by atoms with van der Waals surface area (Å²) in [6.07, 6.45) is -4.72. The third kappa shape index (κ3) is 5.27. The number of benzene rings is 2. The van der Waals surface area contributed by atoms with Crippen molar-refractivity contribution in [3.05, 3.63) is 52.5 Å². The lowest BCUT2D eigenvalue weighted by molar-refractivity contribution is -0.137. The lowest BCUT2D eigenvalue weighted by atomic mass is 10.1. The van der Waals surface area contributed by atoms with E-state index in [0.717, 1.165) is 6.07 Å². The highest BCUT2D eigenvalue weighted by molar-refractivity contribution is 6.30. The molecule has 0 saturated carbocycles. The average Bonchev–Trinajstić information content (AvgIpc) is 2.60. The van der Waals surface area contributed by atoms with Gasteiger partial charge in [-0.3, -0.25) is 4.79 Å². The summed E-state index contributed by atoms with van der Waals surface area (Å²) in [5.41, 5.74) is 4.30. The summed E-state index contributed by atoms with van der Waals surface area (Å²) in [5, 5.41) is 1.91. The van der Waals surface area contributed by atoms with Gasteiger partial charge in [-0.05, 0) is 36.4 Å². The molecule has 6 nitrogen and oxygen atoms in total. The smallest absolute Gasteiger partial charge is 0.418 e. The molecule has 0 fully saturated rings. The highest BCUT2D eigenvalue weighted by Gasteiger charge is 2.34. The zero-order valence-corrected chi connectivity index (χ0v) is 14.6. The van der Waals surface area contributed by atoms with Gasteiger partial charge < -0.3 is 20.5 Å². The van der Waals surface area contributed by atoms with E-state index in [9.17, 15) is 22.8 Å². The third-order valence-electron chi connectivity index (χ3n) is 3.36. The number of ether oxygens (including phenoxy) is 2. The molecule has 0 aliphatic heterocycles. The van der Waals surface area contributed by atoms with E-state index in [1.165, 1.54) is 31.4 Å². The predicted octanol–water partition coefficient (Wildman–Crippen LogP) is 3.75. The molecule has 0 aliphatic carbocycles. The predicted molar refractivity (Wildman–Crippen MR) is 92.8 cm³/mol. The molecule has 0 atom stereocenters. The molecular weight excluding hydrogens is 389 g/mol. The van der Waals surface area contributed by atoms with Crippen LogP contribution in [0.25, 0.3) is 0 Å². The van der Waals surface area contributed by atoms with Gasteiger partial charge in [0, 0.05) is 5.02 Å². The zero-order chi connectivity index (χ0) is 20.2. The van der Waals surface area contributed by atoms with Crippen molar-refractivity contribution in [2.45, 2.75) is 6.18 Å². The highest BCUT2D eigenvalue weighted by atomic mass is 35.5. The maximum Gasteiger partial charge on any atom is 0.418 e. The first-order chi connectivity index (χ1) is 12.6. The number of nitrogen functional groups attached to an aromatic ring is 1. The fourth-order valence-corrected chi connectivity index (χ4v) is 2.29. The lowest BCUT2D eigenvalue weighted by Crippen LogP contribution is -2.22. The van der Waals surface area contributed by atoms with Crippen LogP contribution in [0.1, 0.15) is 15.9 Å². The van der Waals surface area contributed by atoms with E-state index >= 15 is 0 Å². The van der Waals surface area contributed by atoms with E-state index in [1.54, 1.807) is 0 Å². The highest BCUT2D eigenvalue weighted by Crippen LogP contribution is 2.36. The number of hydrogen-bond acceptors (Lipinski definition) is 5. The van der Waals surface area contributed by atoms with Crippen LogP contribution in [0, 0.1) is 0 Å². The van der Waals surface area contributed by atoms with Crippen molar-refractivity contribution in [2.75, 3.05) is 24.8 Å². The van der Waals surface area contributed by atoms with E-state index in [2.05, 4.69) is 0 Å². The van der Waals surface area contributed by atoms with Gasteiger partial charge in [-0.25, -0.2) is 4.79 Å². The Bertz CT molecular complexity index is 872. The second-order valence-electron chi connectivity index (χ2n) is 5.27. The van der Waals surface area contributed by atoms with Gasteiger partial charge in [0.15, 0.2) is 6.61 Å². The molecule has 2 rings (SSSR count). The van der Waals surface area contributed by atoms with E-state index in [1.807, 2.05) is 5.32 Å². The quantitative estimate of drug-likeness (QED) is 0.587. The fourth-order valence-electron chi connectivity index (χ4n) is 2.12. The summed E-state index contributed by atoms with van der Waals surface area (Å²) < 4.78 is 48.7. The van der Waals surface area contributed by atoms with Crippen molar-refractivity contribution >= 4 is 34.9 Å². The van der Waals surface area contributed by atoms with Gasteiger partial charge in [-0.2, -0.15) is 13.2 Å². The van der Waals surface area contributed by atoms with Gasteiger partial charge in [-0.15, -0.1) is 0 Å². The summed E-state index contributed by atoms with van der Waals surface area (Å²) in [5.74, 6) is -1.46. The van der Waals surface area contributed by atoms with Crippen LogP contribution in [0.15, 0.2) is 36.4 Å². The SMILES string of the molecule is COc1ccc(C(=O)OCC(=O)Nc2ccc(Cl)cc2C(F)(F)F)cc1N. The number of esters is 1. The minimum Gasteiger partial charge on any atom is -0.495 e. The Kier molecular flexibility index (Phi) is 6.17. The number of amides is 1. The van der Waals surface area contributed by atoms with Crippen LogP contribution in [-0.2, 0) is 15.7 Å². The van der Waals surface area contributed by atoms with Crippen molar-refractivity contribution in [3.63, 3.8) is 0 Å². The molecular formula is C17H14ClF3N2O4. The summed E-state index contributed by atoms with van der Waals surface area (Å²) in [6, 6.07) is 6.99. The number of halogens is 4. The number of rotatable bonds is 5. The Morgan fingerprint density at radius 3 is 2.48 bits per heavy atom. The zero-order valence-electron chi connectivity index (χ0n) is 13.9. The Balaban J connectivity index is 2.03. The molecule has 0 aromatic heterocycles. The Morgan fingerprint density at radius 1 is 1.19 bits per heavy atom. The second-order valence-corrected chi connectivity index (χ2v) is 5.71. The molecule has 2 aromatic rings. The van der Waals surface area contributed by atoms with Crippen LogP contribution in [0.3, 0.4) is 0 Å². The van der Waals surface area contributed by atoms with Crippen LogP contribution >= 0.6 is 11.6 Å². The normalized spacial score (nSPS) is 11.0. The van der Waals surface area contributed by atoms with Crippen molar-refractivity contribution in [3.8, 4) is 5.75 Å². The van der Waals surface area contributed by atoms with Crippen molar-refractivity contribution in [1.82, 2.24) is 0 Å². The van der Waals surface area contributed by atoms with Gasteiger partial charge in [0.1, 0.15) is 5.75 Å². The molecule has 2 aromatic carbocycles. The molecule has 144 valence electrons. The molecule has 0 radical (unpaired) electrons. The van der Waals surface area contributed by atoms with Crippen LogP contribution in [-0.4, -0.2) is 25.6 Å². The Morgan fingerprint density at radius 2 is 1.89 bits per heavy atom. The van der Waals surface area contributed by atoms with Gasteiger partial charge in [-0.1, -0.05) is 11.6 Å². The molecule has 0 heterocycles. The van der Waals surface area contributed by atoms with Crippen molar-refractivity contribution in [2.24, 2.45) is 0 Å². The average molecular weight is 403 g/mol. The minimum atomic E-state index is -4.72. The first-order valence-electron chi connectivity index (χ1n) is 7.39. The summed E-state index contributed by atoms with van der Waals surface area (Å²) in [4.78, 5) is 23.8. The molecule has 27 heavy (non-hydrogen) atoms. The third-order valence-corrected chi connectivity index (χ3v) is 3.60. The number of nitrogens with two attached hydrogens (primary N) is 1. The molecule has 0 spiro atoms. The number of alkyl halides is 3. The van der Waals surface area contributed by atoms with E-state index in [0.29, 0.717) is 11.8 Å². The van der Waals surface area contributed by atoms with Crippen LogP contribution in [0.4, 0.5) is 24.5 Å². The Labute approximate surface area is 157 Å². The number of hydrogen-bond donors (Lipinski definition) is 2. The number of carbonyl (C=O) groups excluding carboxylic acids is 2. The first kappa shape index (κ1) is 20.4. The maximum absolute atomic E-state index is 13.0. The molecule has 1 amide bonds. The molecule has 0 saturated heterocycles. The molecule has 0 aliphatic rings. The summed E-state index contributed by atoms with van der Waals surface area (Å²) in [7, 11) is 1.40. The van der Waals surface area contributed by atoms with Crippen molar-refractivity contribution < 1.29 is 32.2 Å². The lowest BCUT2D eigenvalue weighted by Gasteiger charge is -2.14. The second kappa shape index (κ2) is 8.17. The van der Waals surface area contributed by atoms with Gasteiger partial charge >= 0.3 is 12.1 Å². The number of nitrogens with one attached hydrogen (secondary N) is 1. The molecule has 10 heteroatoms. The number of methoxy groups -OCH3 is 1. The standard InChI is InChI=1S/C17H14ClF3N2O4/c1-26-14-5-2-9(6-12(14)22)16(25)27-8-15(24)23-13-4-3-10(18)7-11(13)17(19,20)21/h2-7H,8,22H2,1H3,(H,23,24). The van der Waals surface area contributed by atoms with Crippen LogP contribution in [0.2, 0.25) is 5.02 Å². The Hall–Kier alpha value is -2.94. The number of carbonyl (C=O) groups is 2. The van der Waals surface area contributed by atoms with Crippen LogP contribution in [0.5, 0.6) is 5.75 Å². The monoisotopic (exact) mass is 402 g/mol. The maximum atomic E-state index is 13.0. The van der Waals surface area contributed by atoms with E-state index < -0.39 is 35.9 Å². The van der Waals surface area contributed by atoms with Gasteiger partial charge in [0.2, 0.25) is 0 Å². The first-order valence-corrected chi connectivity index (χ1v) is 7.77.